The molecule has 0 N–H and O–H groups in total. The van der Waals surface area contributed by atoms with E-state index in [-0.39, 0.29) is 0 Å². The van der Waals surface area contributed by atoms with Crippen LogP contribution in [0.15, 0.2) is 42.5 Å². The number of aromatic nitrogens is 1. The molecule has 1 aliphatic heterocycles. The molecule has 1 atom stereocenters. The number of hydrogen-bond donors (Lipinski definition) is 0. The predicted octanol–water partition coefficient (Wildman–Crippen LogP) is 4.28. The van der Waals surface area contributed by atoms with Crippen molar-refractivity contribution in [2.45, 2.75) is 38.9 Å². The molecule has 1 aliphatic rings. The van der Waals surface area contributed by atoms with Crippen LogP contribution in [0.1, 0.15) is 23.7 Å². The van der Waals surface area contributed by atoms with Gasteiger partial charge in [-0.2, -0.15) is 0 Å². The Hall–Kier alpha value is -2.46. The summed E-state index contributed by atoms with van der Waals surface area (Å²) in [5, 5.41) is 1.33. The lowest BCUT2D eigenvalue weighted by Gasteiger charge is -2.31. The van der Waals surface area contributed by atoms with E-state index < -0.39 is 0 Å². The summed E-state index contributed by atoms with van der Waals surface area (Å²) in [5.41, 5.74) is 5.59. The number of benzene rings is 2. The van der Waals surface area contributed by atoms with E-state index in [0.717, 1.165) is 37.4 Å². The van der Waals surface area contributed by atoms with Gasteiger partial charge in [-0.25, -0.2) is 0 Å². The van der Waals surface area contributed by atoms with Crippen LogP contribution in [0.25, 0.3) is 10.9 Å². The molecule has 0 bridgehead atoms. The number of likely N-dealkylation sites (N-methyl/N-ethyl adjacent to an activating group) is 1. The molecule has 1 aromatic heterocycles. The molecule has 2 aromatic carbocycles. The number of ether oxygens (including phenoxy) is 2. The first-order valence-corrected chi connectivity index (χ1v) is 9.62. The van der Waals surface area contributed by atoms with E-state index in [0.29, 0.717) is 6.04 Å². The van der Waals surface area contributed by atoms with E-state index >= 15 is 0 Å². The Kier molecular flexibility index (Phi) is 4.83. The number of methoxy groups -OCH3 is 2. The highest BCUT2D eigenvalue weighted by molar-refractivity contribution is 5.87. The summed E-state index contributed by atoms with van der Waals surface area (Å²) in [5.74, 6) is 1.84. The fourth-order valence-electron chi connectivity index (χ4n) is 4.12. The molecule has 4 heteroatoms. The molecule has 0 fully saturated rings. The summed E-state index contributed by atoms with van der Waals surface area (Å²) >= 11 is 0. The van der Waals surface area contributed by atoms with Crippen LogP contribution < -0.4 is 9.47 Å². The largest absolute Gasteiger partial charge is 0.497 e. The molecule has 0 aliphatic carbocycles. The van der Waals surface area contributed by atoms with Crippen LogP contribution in [-0.2, 0) is 25.9 Å². The van der Waals surface area contributed by atoms with Crippen LogP contribution in [0.5, 0.6) is 11.5 Å². The van der Waals surface area contributed by atoms with Gasteiger partial charge in [0, 0.05) is 42.1 Å². The first-order chi connectivity index (χ1) is 13.1. The van der Waals surface area contributed by atoms with Crippen molar-refractivity contribution in [2.75, 3.05) is 21.3 Å². The smallest absolute Gasteiger partial charge is 0.119 e. The maximum absolute atomic E-state index is 5.49. The van der Waals surface area contributed by atoms with Gasteiger partial charge >= 0.3 is 0 Å². The van der Waals surface area contributed by atoms with E-state index in [9.17, 15) is 0 Å². The summed E-state index contributed by atoms with van der Waals surface area (Å²) in [6.07, 6.45) is 2.10. The number of rotatable bonds is 5. The predicted molar refractivity (Wildman–Crippen MR) is 110 cm³/mol. The highest BCUT2D eigenvalue weighted by Crippen LogP contribution is 2.34. The van der Waals surface area contributed by atoms with Crippen LogP contribution in [0.3, 0.4) is 0 Å². The number of aryl methyl sites for hydroxylation is 2. The van der Waals surface area contributed by atoms with E-state index in [1.165, 1.54) is 27.7 Å². The summed E-state index contributed by atoms with van der Waals surface area (Å²) in [4.78, 5) is 2.44. The first-order valence-electron chi connectivity index (χ1n) is 9.62. The standard InChI is InChI=1S/C23H28N2O2/c1-16-13-23-21(15-24(16)2)20-14-19(27-4)9-10-22(20)25(23)12-11-17-5-7-18(26-3)8-6-17/h5-10,14,16H,11-13,15H2,1-4H3. The van der Waals surface area contributed by atoms with Crippen molar-refractivity contribution >= 4 is 10.9 Å². The second-order valence-corrected chi connectivity index (χ2v) is 7.53. The fraction of sp³-hybridized carbons (Fsp3) is 0.391. The van der Waals surface area contributed by atoms with Crippen LogP contribution >= 0.6 is 0 Å². The molecule has 4 nitrogen and oxygen atoms in total. The maximum Gasteiger partial charge on any atom is 0.119 e. The average Bonchev–Trinajstić information content (AvgIpc) is 2.99. The zero-order valence-corrected chi connectivity index (χ0v) is 16.7. The quantitative estimate of drug-likeness (QED) is 0.676. The van der Waals surface area contributed by atoms with Gasteiger partial charge in [-0.3, -0.25) is 4.90 Å². The van der Waals surface area contributed by atoms with Crippen molar-refractivity contribution in [3.8, 4) is 11.5 Å². The SMILES string of the molecule is COc1ccc(CCn2c3c(c4cc(OC)ccc42)CN(C)C(C)C3)cc1. The average molecular weight is 364 g/mol. The molecule has 0 saturated carbocycles. The third-order valence-electron chi connectivity index (χ3n) is 5.93. The molecule has 142 valence electrons. The van der Waals surface area contributed by atoms with Gasteiger partial charge in [-0.15, -0.1) is 0 Å². The Morgan fingerprint density at radius 1 is 1.00 bits per heavy atom. The minimum absolute atomic E-state index is 0.559. The van der Waals surface area contributed by atoms with Crippen LogP contribution in [-0.4, -0.2) is 36.8 Å². The Labute approximate surface area is 161 Å². The van der Waals surface area contributed by atoms with Gasteiger partial charge in [-0.1, -0.05) is 12.1 Å². The van der Waals surface area contributed by atoms with E-state index in [2.05, 4.69) is 53.8 Å². The van der Waals surface area contributed by atoms with Gasteiger partial charge in [-0.05, 0) is 61.9 Å². The summed E-state index contributed by atoms with van der Waals surface area (Å²) in [7, 11) is 5.66. The van der Waals surface area contributed by atoms with Crippen molar-refractivity contribution in [1.82, 2.24) is 9.47 Å². The number of fused-ring (bicyclic) bond motifs is 3. The summed E-state index contributed by atoms with van der Waals surface area (Å²) in [6, 6.07) is 15.5. The highest BCUT2D eigenvalue weighted by Gasteiger charge is 2.26. The lowest BCUT2D eigenvalue weighted by Crippen LogP contribution is -2.35. The molecule has 3 aromatic rings. The Bertz CT molecular complexity index is 943. The van der Waals surface area contributed by atoms with Crippen LogP contribution in [0.2, 0.25) is 0 Å². The normalized spacial score (nSPS) is 17.1. The van der Waals surface area contributed by atoms with Gasteiger partial charge in [0.2, 0.25) is 0 Å². The molecule has 0 amide bonds. The minimum Gasteiger partial charge on any atom is -0.497 e. The van der Waals surface area contributed by atoms with Gasteiger partial charge in [0.15, 0.2) is 0 Å². The minimum atomic E-state index is 0.559. The monoisotopic (exact) mass is 364 g/mol. The summed E-state index contributed by atoms with van der Waals surface area (Å²) in [6.45, 7) is 4.30. The van der Waals surface area contributed by atoms with Crippen LogP contribution in [0, 0.1) is 0 Å². The van der Waals surface area contributed by atoms with Crippen molar-refractivity contribution in [1.29, 1.82) is 0 Å². The van der Waals surface area contributed by atoms with Gasteiger partial charge in [0.05, 0.1) is 14.2 Å². The van der Waals surface area contributed by atoms with Crippen molar-refractivity contribution < 1.29 is 9.47 Å². The third kappa shape index (κ3) is 3.30. The van der Waals surface area contributed by atoms with Crippen molar-refractivity contribution in [2.24, 2.45) is 0 Å². The molecule has 2 heterocycles. The molecule has 1 unspecified atom stereocenters. The third-order valence-corrected chi connectivity index (χ3v) is 5.93. The highest BCUT2D eigenvalue weighted by atomic mass is 16.5. The first kappa shape index (κ1) is 17.9. The fourth-order valence-corrected chi connectivity index (χ4v) is 4.12. The summed E-state index contributed by atoms with van der Waals surface area (Å²) < 4.78 is 13.3. The molecular weight excluding hydrogens is 336 g/mol. The van der Waals surface area contributed by atoms with E-state index in [4.69, 9.17) is 9.47 Å². The van der Waals surface area contributed by atoms with Gasteiger partial charge < -0.3 is 14.0 Å². The molecular formula is C23H28N2O2. The maximum atomic E-state index is 5.49. The molecule has 0 saturated heterocycles. The van der Waals surface area contributed by atoms with Gasteiger partial charge in [0.25, 0.3) is 0 Å². The molecule has 27 heavy (non-hydrogen) atoms. The van der Waals surface area contributed by atoms with E-state index in [1.54, 1.807) is 14.2 Å². The van der Waals surface area contributed by atoms with Crippen molar-refractivity contribution in [3.05, 3.63) is 59.3 Å². The van der Waals surface area contributed by atoms with Gasteiger partial charge in [0.1, 0.15) is 11.5 Å². The Balaban J connectivity index is 1.71. The topological polar surface area (TPSA) is 26.6 Å². The van der Waals surface area contributed by atoms with Crippen molar-refractivity contribution in [3.63, 3.8) is 0 Å². The Morgan fingerprint density at radius 2 is 1.70 bits per heavy atom. The number of nitrogens with zero attached hydrogens (tertiary/aromatic N) is 2. The second kappa shape index (κ2) is 7.28. The van der Waals surface area contributed by atoms with Crippen LogP contribution in [0.4, 0.5) is 0 Å². The zero-order valence-electron chi connectivity index (χ0n) is 16.7. The number of hydrogen-bond acceptors (Lipinski definition) is 3. The lowest BCUT2D eigenvalue weighted by atomic mass is 10.00. The molecule has 0 spiro atoms. The molecule has 4 rings (SSSR count). The second-order valence-electron chi connectivity index (χ2n) is 7.53. The van der Waals surface area contributed by atoms with E-state index in [1.807, 2.05) is 12.1 Å². The molecule has 0 radical (unpaired) electrons. The lowest BCUT2D eigenvalue weighted by molar-refractivity contribution is 0.228. The zero-order chi connectivity index (χ0) is 19.0. The Morgan fingerprint density at radius 3 is 2.41 bits per heavy atom.